The zero-order valence-electron chi connectivity index (χ0n) is 21.3. The van der Waals surface area contributed by atoms with E-state index in [1.165, 1.54) is 28.9 Å². The molecule has 0 radical (unpaired) electrons. The van der Waals surface area contributed by atoms with Crippen molar-refractivity contribution in [2.45, 2.75) is 19.5 Å². The van der Waals surface area contributed by atoms with Gasteiger partial charge < -0.3 is 25.2 Å². The number of aromatic nitrogens is 3. The van der Waals surface area contributed by atoms with Crippen molar-refractivity contribution in [1.82, 2.24) is 24.6 Å². The second-order valence-corrected chi connectivity index (χ2v) is 9.88. The Hall–Kier alpha value is -3.53. The number of pyridine rings is 2. The molecule has 2 N–H and O–H groups in total. The van der Waals surface area contributed by atoms with Gasteiger partial charge in [0.2, 0.25) is 0 Å². The van der Waals surface area contributed by atoms with E-state index < -0.39 is 0 Å². The zero-order chi connectivity index (χ0) is 25.4. The van der Waals surface area contributed by atoms with Crippen molar-refractivity contribution in [2.75, 3.05) is 57.2 Å². The molecule has 37 heavy (non-hydrogen) atoms. The number of morpholine rings is 1. The minimum atomic E-state index is -0.284. The molecular weight excluding hydrogens is 469 g/mol. The first kappa shape index (κ1) is 23.8. The van der Waals surface area contributed by atoms with Crippen LogP contribution in [0.25, 0.3) is 16.9 Å². The summed E-state index contributed by atoms with van der Waals surface area (Å²) in [5.74, 6) is 0.561. The minimum Gasteiger partial charge on any atom is -0.378 e. The largest absolute Gasteiger partial charge is 0.378 e. The van der Waals surface area contributed by atoms with Gasteiger partial charge in [-0.15, -0.1) is 0 Å². The van der Waals surface area contributed by atoms with Crippen molar-refractivity contribution in [1.29, 1.82) is 0 Å². The third-order valence-electron chi connectivity index (χ3n) is 7.15. The number of fused-ring (bicyclic) bond motifs is 2. The van der Waals surface area contributed by atoms with Crippen LogP contribution in [0.4, 0.5) is 21.6 Å². The van der Waals surface area contributed by atoms with Gasteiger partial charge in [0.15, 0.2) is 0 Å². The van der Waals surface area contributed by atoms with Crippen molar-refractivity contribution in [3.05, 3.63) is 71.4 Å². The van der Waals surface area contributed by atoms with Gasteiger partial charge in [0.1, 0.15) is 17.3 Å². The number of nitrogens with one attached hydrogen (secondary N) is 2. The van der Waals surface area contributed by atoms with E-state index in [0.717, 1.165) is 80.8 Å². The smallest absolute Gasteiger partial charge is 0.140 e. The number of nitrogens with zero attached hydrogens (tertiary/aromatic N) is 5. The third-order valence-corrected chi connectivity index (χ3v) is 7.15. The summed E-state index contributed by atoms with van der Waals surface area (Å²) in [5, 5.41) is 7.10. The summed E-state index contributed by atoms with van der Waals surface area (Å²) >= 11 is 0. The number of hydrogen-bond acceptors (Lipinski definition) is 7. The Bertz CT molecular complexity index is 1430. The summed E-state index contributed by atoms with van der Waals surface area (Å²) in [6.07, 6.45) is 4.44. The molecule has 0 atom stereocenters. The van der Waals surface area contributed by atoms with Gasteiger partial charge >= 0.3 is 0 Å². The molecule has 0 spiro atoms. The van der Waals surface area contributed by atoms with Crippen LogP contribution in [0.5, 0.6) is 0 Å². The van der Waals surface area contributed by atoms with Crippen molar-refractivity contribution in [2.24, 2.45) is 0 Å². The molecule has 0 bridgehead atoms. The highest BCUT2D eigenvalue weighted by Crippen LogP contribution is 2.36. The molecule has 0 amide bonds. The van der Waals surface area contributed by atoms with Crippen LogP contribution in [-0.4, -0.2) is 66.2 Å². The molecule has 2 aliphatic heterocycles. The predicted molar refractivity (Wildman–Crippen MR) is 144 cm³/mol. The fourth-order valence-electron chi connectivity index (χ4n) is 5.23. The average Bonchev–Trinajstić information content (AvgIpc) is 3.56. The summed E-state index contributed by atoms with van der Waals surface area (Å²) in [4.78, 5) is 14.1. The average molecular weight is 502 g/mol. The van der Waals surface area contributed by atoms with E-state index in [1.807, 2.05) is 10.6 Å². The van der Waals surface area contributed by atoms with Gasteiger partial charge in [0.25, 0.3) is 0 Å². The van der Waals surface area contributed by atoms with Gasteiger partial charge in [-0.25, -0.2) is 14.4 Å². The third kappa shape index (κ3) is 4.77. The number of benzene rings is 1. The van der Waals surface area contributed by atoms with Gasteiger partial charge in [0, 0.05) is 62.7 Å². The molecular formula is C28H32FN7O. The number of imidazole rings is 1. The van der Waals surface area contributed by atoms with Crippen molar-refractivity contribution >= 4 is 22.8 Å². The Labute approximate surface area is 216 Å². The molecule has 6 rings (SSSR count). The van der Waals surface area contributed by atoms with E-state index in [0.29, 0.717) is 5.65 Å². The first-order chi connectivity index (χ1) is 18.1. The number of rotatable bonds is 7. The van der Waals surface area contributed by atoms with Crippen LogP contribution < -0.4 is 15.5 Å². The first-order valence-electron chi connectivity index (χ1n) is 12.8. The fraction of sp³-hybridized carbons (Fsp3) is 0.357. The monoisotopic (exact) mass is 501 g/mol. The zero-order valence-corrected chi connectivity index (χ0v) is 21.3. The Kier molecular flexibility index (Phi) is 6.50. The summed E-state index contributed by atoms with van der Waals surface area (Å²) < 4.78 is 21.2. The Morgan fingerprint density at radius 2 is 1.92 bits per heavy atom. The number of likely N-dealkylation sites (N-methyl/N-ethyl adjacent to an activating group) is 1. The highest BCUT2D eigenvalue weighted by molar-refractivity contribution is 5.76. The number of hydrogen-bond donors (Lipinski definition) is 2. The van der Waals surface area contributed by atoms with Gasteiger partial charge in [-0.2, -0.15) is 0 Å². The van der Waals surface area contributed by atoms with Crippen LogP contribution in [0.1, 0.15) is 16.8 Å². The maximum atomic E-state index is 13.7. The molecule has 0 aliphatic carbocycles. The van der Waals surface area contributed by atoms with Gasteiger partial charge in [-0.05, 0) is 49.5 Å². The van der Waals surface area contributed by atoms with E-state index in [-0.39, 0.29) is 5.82 Å². The maximum Gasteiger partial charge on any atom is 0.140 e. The second-order valence-electron chi connectivity index (χ2n) is 9.88. The molecule has 0 unspecified atom stereocenters. The predicted octanol–water partition coefficient (Wildman–Crippen LogP) is 3.82. The highest BCUT2D eigenvalue weighted by Gasteiger charge is 2.22. The molecule has 1 saturated heterocycles. The number of halogens is 1. The van der Waals surface area contributed by atoms with E-state index in [9.17, 15) is 4.39 Å². The van der Waals surface area contributed by atoms with Gasteiger partial charge in [-0.1, -0.05) is 6.07 Å². The SMILES string of the molecule is CN(C)CCc1nc(Nc2ccc(-c3cnc4cc(F)ccn34)c3c2CNC3)ccc1N1CCOCC1. The van der Waals surface area contributed by atoms with Crippen LogP contribution in [0.2, 0.25) is 0 Å². The van der Waals surface area contributed by atoms with E-state index >= 15 is 0 Å². The lowest BCUT2D eigenvalue weighted by atomic mass is 9.99. The number of anilines is 3. The van der Waals surface area contributed by atoms with Crippen molar-refractivity contribution in [3.8, 4) is 11.3 Å². The Morgan fingerprint density at radius 3 is 2.76 bits per heavy atom. The van der Waals surface area contributed by atoms with Crippen molar-refractivity contribution < 1.29 is 9.13 Å². The quantitative estimate of drug-likeness (QED) is 0.399. The molecule has 1 fully saturated rings. The van der Waals surface area contributed by atoms with Crippen LogP contribution in [0.15, 0.2) is 48.8 Å². The Balaban J connectivity index is 1.32. The van der Waals surface area contributed by atoms with E-state index in [1.54, 1.807) is 6.20 Å². The number of ether oxygens (including phenoxy) is 1. The van der Waals surface area contributed by atoms with Gasteiger partial charge in [-0.3, -0.25) is 4.40 Å². The molecule has 2 aliphatic rings. The molecule has 192 valence electrons. The molecule has 0 saturated carbocycles. The molecule has 5 heterocycles. The van der Waals surface area contributed by atoms with E-state index in [2.05, 4.69) is 63.8 Å². The summed E-state index contributed by atoms with van der Waals surface area (Å²) in [6, 6.07) is 11.4. The summed E-state index contributed by atoms with van der Waals surface area (Å²) in [5.41, 5.74) is 8.47. The van der Waals surface area contributed by atoms with E-state index in [4.69, 9.17) is 9.72 Å². The lowest BCUT2D eigenvalue weighted by Gasteiger charge is -2.30. The first-order valence-corrected chi connectivity index (χ1v) is 12.8. The van der Waals surface area contributed by atoms with Crippen LogP contribution in [0, 0.1) is 5.82 Å². The minimum absolute atomic E-state index is 0.284. The molecule has 4 aromatic rings. The molecule has 3 aromatic heterocycles. The summed E-state index contributed by atoms with van der Waals surface area (Å²) in [6.45, 7) is 5.76. The maximum absolute atomic E-state index is 13.7. The van der Waals surface area contributed by atoms with Crippen LogP contribution in [0.3, 0.4) is 0 Å². The molecule has 9 heteroatoms. The lowest BCUT2D eigenvalue weighted by Crippen LogP contribution is -2.37. The topological polar surface area (TPSA) is 70.0 Å². The lowest BCUT2D eigenvalue weighted by molar-refractivity contribution is 0.122. The Morgan fingerprint density at radius 1 is 1.08 bits per heavy atom. The molecule has 1 aromatic carbocycles. The van der Waals surface area contributed by atoms with Crippen LogP contribution in [-0.2, 0) is 24.2 Å². The summed E-state index contributed by atoms with van der Waals surface area (Å²) in [7, 11) is 4.18. The standard InChI is InChI=1S/C28H32FN7O/c1-34(2)9-8-24-25(35-11-13-37-14-12-35)5-6-27(33-24)32-23-4-3-20(21-16-30-17-22(21)23)26-18-31-28-15-19(29)7-10-36(26)28/h3-7,10,15,18,30H,8-9,11-14,16-17H2,1-2H3,(H,32,33). The van der Waals surface area contributed by atoms with Crippen LogP contribution >= 0.6 is 0 Å². The molecule has 8 nitrogen and oxygen atoms in total. The van der Waals surface area contributed by atoms with Crippen molar-refractivity contribution in [3.63, 3.8) is 0 Å². The fourth-order valence-corrected chi connectivity index (χ4v) is 5.23. The normalized spacial score (nSPS) is 15.5. The van der Waals surface area contributed by atoms with Gasteiger partial charge in [0.05, 0.1) is 36.5 Å². The highest BCUT2D eigenvalue weighted by atomic mass is 19.1. The second kappa shape index (κ2) is 10.1.